The largest absolute Gasteiger partial charge is 0.497 e. The standard InChI is InChI=1S/C71H62O4/c1-69(2,3)47-29-43-33-53(39-13-21-49(72-9)22-14-39)57-37-59-60-38-58-54(40-15-23-50(73-10)24-16-40)34-44-30-48(70(4,5)6)32-46-36-56(42-19-27-52(75-12)28-20-42)66(64(58)62(44)46)68(60)71(7,8)67(59)65-55(35-45(31-47)61(43)63(57)65)41-17-25-51(74-11)26-18-41/h13-38H,1-12H3. The fraction of sp³-hybridized carbons (Fsp3) is 0.211. The lowest BCUT2D eigenvalue weighted by molar-refractivity contribution is 0.415. The molecule has 1 aliphatic rings. The molecule has 0 fully saturated rings. The van der Waals surface area contributed by atoms with Gasteiger partial charge in [-0.3, -0.25) is 0 Å². The molecule has 13 rings (SSSR count). The van der Waals surface area contributed by atoms with Crippen molar-refractivity contribution in [1.82, 2.24) is 0 Å². The average Bonchev–Trinajstić information content (AvgIpc) is 3.72. The summed E-state index contributed by atoms with van der Waals surface area (Å²) in [5.41, 5.74) is 16.7. The zero-order chi connectivity index (χ0) is 52.0. The molecule has 0 atom stereocenters. The van der Waals surface area contributed by atoms with Crippen LogP contribution in [0.3, 0.4) is 0 Å². The van der Waals surface area contributed by atoms with E-state index < -0.39 is 5.41 Å². The Morgan fingerprint density at radius 3 is 0.827 bits per heavy atom. The summed E-state index contributed by atoms with van der Waals surface area (Å²) in [5, 5.41) is 15.3. The first kappa shape index (κ1) is 46.7. The van der Waals surface area contributed by atoms with Gasteiger partial charge in [0.25, 0.3) is 0 Å². The van der Waals surface area contributed by atoms with E-state index in [0.29, 0.717) is 0 Å². The minimum atomic E-state index is -0.481. The van der Waals surface area contributed by atoms with Crippen LogP contribution in [0.15, 0.2) is 158 Å². The van der Waals surface area contributed by atoms with Gasteiger partial charge < -0.3 is 18.9 Å². The maximum absolute atomic E-state index is 5.79. The van der Waals surface area contributed by atoms with E-state index >= 15 is 0 Å². The Morgan fingerprint density at radius 2 is 0.560 bits per heavy atom. The number of hydrogen-bond acceptors (Lipinski definition) is 4. The lowest BCUT2D eigenvalue weighted by Crippen LogP contribution is -2.17. The Balaban J connectivity index is 1.26. The lowest BCUT2D eigenvalue weighted by atomic mass is 9.73. The van der Waals surface area contributed by atoms with Crippen LogP contribution in [0.25, 0.3) is 120 Å². The molecule has 0 unspecified atom stereocenters. The third-order valence-corrected chi connectivity index (χ3v) is 16.7. The predicted molar refractivity (Wildman–Crippen MR) is 317 cm³/mol. The van der Waals surface area contributed by atoms with Gasteiger partial charge in [0.2, 0.25) is 0 Å². The molecule has 4 nitrogen and oxygen atoms in total. The summed E-state index contributed by atoms with van der Waals surface area (Å²) in [5.74, 6) is 3.35. The maximum Gasteiger partial charge on any atom is 0.118 e. The van der Waals surface area contributed by atoms with E-state index in [-0.39, 0.29) is 10.8 Å². The summed E-state index contributed by atoms with van der Waals surface area (Å²) >= 11 is 0. The summed E-state index contributed by atoms with van der Waals surface area (Å²) in [7, 11) is 6.97. The second-order valence-electron chi connectivity index (χ2n) is 23.5. The lowest BCUT2D eigenvalue weighted by Gasteiger charge is -2.30. The van der Waals surface area contributed by atoms with Crippen LogP contribution in [0.1, 0.15) is 77.6 Å². The molecule has 1 aliphatic carbocycles. The van der Waals surface area contributed by atoms with Crippen LogP contribution in [0, 0.1) is 0 Å². The van der Waals surface area contributed by atoms with E-state index in [0.717, 1.165) is 45.3 Å². The molecule has 4 heteroatoms. The summed E-state index contributed by atoms with van der Waals surface area (Å²) in [6.07, 6.45) is 0. The number of rotatable bonds is 8. The van der Waals surface area contributed by atoms with Gasteiger partial charge in [-0.2, -0.15) is 0 Å². The van der Waals surface area contributed by atoms with Gasteiger partial charge in [0.15, 0.2) is 0 Å². The highest BCUT2D eigenvalue weighted by atomic mass is 16.5. The fourth-order valence-electron chi connectivity index (χ4n) is 12.9. The van der Waals surface area contributed by atoms with Gasteiger partial charge in [0, 0.05) is 5.41 Å². The summed E-state index contributed by atoms with van der Waals surface area (Å²) in [4.78, 5) is 0. The van der Waals surface area contributed by atoms with Gasteiger partial charge in [-0.25, -0.2) is 0 Å². The van der Waals surface area contributed by atoms with Crippen molar-refractivity contribution in [2.24, 2.45) is 0 Å². The van der Waals surface area contributed by atoms with Crippen LogP contribution >= 0.6 is 0 Å². The third kappa shape index (κ3) is 7.02. The van der Waals surface area contributed by atoms with Crippen molar-refractivity contribution < 1.29 is 18.9 Å². The highest BCUT2D eigenvalue weighted by molar-refractivity contribution is 6.35. The van der Waals surface area contributed by atoms with Crippen LogP contribution in [0.5, 0.6) is 23.0 Å². The van der Waals surface area contributed by atoms with Crippen LogP contribution in [0.4, 0.5) is 0 Å². The molecule has 0 saturated heterocycles. The molecular formula is C71H62O4. The molecule has 0 spiro atoms. The van der Waals surface area contributed by atoms with Gasteiger partial charge >= 0.3 is 0 Å². The number of fused-ring (bicyclic) bond motifs is 5. The van der Waals surface area contributed by atoms with Crippen molar-refractivity contribution in [2.75, 3.05) is 28.4 Å². The van der Waals surface area contributed by atoms with Crippen LogP contribution < -0.4 is 18.9 Å². The maximum atomic E-state index is 5.79. The molecule has 0 amide bonds. The number of ether oxygens (including phenoxy) is 4. The number of methoxy groups -OCH3 is 4. The highest BCUT2D eigenvalue weighted by Gasteiger charge is 2.42. The smallest absolute Gasteiger partial charge is 0.118 e. The van der Waals surface area contributed by atoms with Crippen LogP contribution in [0.2, 0.25) is 0 Å². The van der Waals surface area contributed by atoms with E-state index in [1.54, 1.807) is 28.4 Å². The molecule has 75 heavy (non-hydrogen) atoms. The Labute approximate surface area is 440 Å². The van der Waals surface area contributed by atoms with Crippen LogP contribution in [-0.2, 0) is 16.2 Å². The molecule has 0 N–H and O–H groups in total. The van der Waals surface area contributed by atoms with Gasteiger partial charge in [0.05, 0.1) is 28.4 Å². The first-order valence-corrected chi connectivity index (χ1v) is 26.3. The molecule has 0 radical (unpaired) electrons. The minimum Gasteiger partial charge on any atom is -0.497 e. The molecule has 0 heterocycles. The van der Waals surface area contributed by atoms with E-state index in [4.69, 9.17) is 18.9 Å². The zero-order valence-electron chi connectivity index (χ0n) is 45.1. The quantitative estimate of drug-likeness (QED) is 0.142. The molecule has 370 valence electrons. The van der Waals surface area contributed by atoms with Crippen molar-refractivity contribution in [1.29, 1.82) is 0 Å². The molecule has 0 aromatic heterocycles. The van der Waals surface area contributed by atoms with E-state index in [1.165, 1.54) is 120 Å². The topological polar surface area (TPSA) is 36.9 Å². The Kier molecular flexibility index (Phi) is 10.2. The summed E-state index contributed by atoms with van der Waals surface area (Å²) in [6, 6.07) is 59.5. The Morgan fingerprint density at radius 1 is 0.293 bits per heavy atom. The number of benzene rings is 12. The second-order valence-corrected chi connectivity index (χ2v) is 23.5. The SMILES string of the molecule is COc1ccc(-c2cc3cc(C(C)(C)C)cc4cc(-c5ccc(OC)cc5)c5c6c(cc2c5c34)-c2cc3c(-c4ccc(OC)cc4)cc4cc(C(C)(C)C)cc5cc(-c7ccc(OC)cc7)c(c2C6(C)C)c3c45)cc1. The normalized spacial score (nSPS) is 13.4. The summed E-state index contributed by atoms with van der Waals surface area (Å²) < 4.78 is 23.1. The van der Waals surface area contributed by atoms with Crippen LogP contribution in [-0.4, -0.2) is 28.4 Å². The molecule has 12 aromatic rings. The van der Waals surface area contributed by atoms with Crippen molar-refractivity contribution in [2.45, 2.75) is 71.6 Å². The van der Waals surface area contributed by atoms with Gasteiger partial charge in [-0.15, -0.1) is 0 Å². The first-order chi connectivity index (χ1) is 36.0. The third-order valence-electron chi connectivity index (χ3n) is 16.7. The molecule has 0 bridgehead atoms. The summed E-state index contributed by atoms with van der Waals surface area (Å²) in [6.45, 7) is 18.9. The fourth-order valence-corrected chi connectivity index (χ4v) is 12.9. The van der Waals surface area contributed by atoms with Crippen molar-refractivity contribution in [3.63, 3.8) is 0 Å². The number of hydrogen-bond donors (Lipinski definition) is 0. The first-order valence-electron chi connectivity index (χ1n) is 26.3. The van der Waals surface area contributed by atoms with E-state index in [9.17, 15) is 0 Å². The van der Waals surface area contributed by atoms with Crippen molar-refractivity contribution in [3.8, 4) is 78.6 Å². The molecule has 0 saturated carbocycles. The molecular weight excluding hydrogens is 917 g/mol. The monoisotopic (exact) mass is 978 g/mol. The molecule has 0 aliphatic heterocycles. The molecule has 12 aromatic carbocycles. The van der Waals surface area contributed by atoms with E-state index in [2.05, 4.69) is 213 Å². The van der Waals surface area contributed by atoms with Crippen molar-refractivity contribution in [3.05, 3.63) is 180 Å². The average molecular weight is 979 g/mol. The van der Waals surface area contributed by atoms with Gasteiger partial charge in [0.1, 0.15) is 23.0 Å². The predicted octanol–water partition coefficient (Wildman–Crippen LogP) is 19.1. The Hall–Kier alpha value is -8.08. The minimum absolute atomic E-state index is 0.0720. The van der Waals surface area contributed by atoms with Gasteiger partial charge in [-0.1, -0.05) is 128 Å². The Bertz CT molecular complexity index is 3940. The van der Waals surface area contributed by atoms with Crippen molar-refractivity contribution >= 4 is 64.6 Å². The van der Waals surface area contributed by atoms with Gasteiger partial charge in [-0.05, 0) is 238 Å². The zero-order valence-corrected chi connectivity index (χ0v) is 45.1. The second kappa shape index (κ2) is 16.5. The van der Waals surface area contributed by atoms with E-state index in [1.807, 2.05) is 0 Å². The highest BCUT2D eigenvalue weighted by Crippen LogP contribution is 2.61.